The number of carbonyl (C=O) groups is 1. The molecule has 1 aromatic heterocycles. The van der Waals surface area contributed by atoms with Crippen molar-refractivity contribution in [3.05, 3.63) is 22.7 Å². The molecule has 0 radical (unpaired) electrons. The van der Waals surface area contributed by atoms with E-state index < -0.39 is 18.2 Å². The Balaban J connectivity index is 1.80. The zero-order valence-corrected chi connectivity index (χ0v) is 14.7. The Labute approximate surface area is 146 Å². The molecule has 2 rings (SSSR count). The molecule has 2 heterocycles. The van der Waals surface area contributed by atoms with Gasteiger partial charge in [0, 0.05) is 12.6 Å². The topological polar surface area (TPSA) is 106 Å². The number of amides is 1. The Morgan fingerprint density at radius 2 is 2.24 bits per heavy atom. The summed E-state index contributed by atoms with van der Waals surface area (Å²) in [4.78, 5) is 29.9. The van der Waals surface area contributed by atoms with Crippen LogP contribution in [0.5, 0.6) is 0 Å². The van der Waals surface area contributed by atoms with Crippen molar-refractivity contribution in [2.24, 2.45) is 0 Å². The molecule has 2 atom stereocenters. The van der Waals surface area contributed by atoms with Gasteiger partial charge in [0.15, 0.2) is 12.5 Å². The van der Waals surface area contributed by atoms with Crippen LogP contribution in [0.15, 0.2) is 17.1 Å². The minimum Gasteiger partial charge on any atom is -0.391 e. The maximum Gasteiger partial charge on any atom is 0.351 e. The molecular weight excluding hydrogens is 328 g/mol. The Bertz CT molecular complexity index is 619. The van der Waals surface area contributed by atoms with Crippen LogP contribution < -0.4 is 11.0 Å². The van der Waals surface area contributed by atoms with Gasteiger partial charge in [0.05, 0.1) is 13.2 Å². The van der Waals surface area contributed by atoms with Crippen LogP contribution in [0.4, 0.5) is 5.82 Å². The van der Waals surface area contributed by atoms with Gasteiger partial charge in [0.2, 0.25) is 5.91 Å². The van der Waals surface area contributed by atoms with Crippen LogP contribution in [0, 0.1) is 0 Å². The van der Waals surface area contributed by atoms with Crippen molar-refractivity contribution in [1.82, 2.24) is 14.5 Å². The van der Waals surface area contributed by atoms with Crippen LogP contribution in [-0.4, -0.2) is 65.6 Å². The van der Waals surface area contributed by atoms with E-state index in [0.717, 1.165) is 25.8 Å². The highest BCUT2D eigenvalue weighted by Gasteiger charge is 2.27. The average Bonchev–Trinajstić information content (AvgIpc) is 3.03. The summed E-state index contributed by atoms with van der Waals surface area (Å²) in [6, 6.07) is 1.54. The summed E-state index contributed by atoms with van der Waals surface area (Å²) in [5, 5.41) is 11.6. The average molecular weight is 354 g/mol. The standard InChI is InChI=1S/C16H26N4O5/c1-19(2)8-5-3-4-6-13(22)17-12-7-9-20(16(23)18-12)14-11-24-15(10-21)25-14/h7,9,14-15,21H,3-6,8,10-11H2,1-2H3,(H,17,18,22,23). The number of aromatic nitrogens is 2. The molecule has 1 aliphatic rings. The fourth-order valence-corrected chi connectivity index (χ4v) is 2.48. The fourth-order valence-electron chi connectivity index (χ4n) is 2.48. The molecule has 25 heavy (non-hydrogen) atoms. The first kappa shape index (κ1) is 19.5. The van der Waals surface area contributed by atoms with Crippen molar-refractivity contribution in [2.45, 2.75) is 38.2 Å². The second-order valence-corrected chi connectivity index (χ2v) is 6.20. The normalized spacial score (nSPS) is 20.2. The maximum atomic E-state index is 12.1. The Kier molecular flexibility index (Phi) is 7.51. The molecule has 1 aliphatic heterocycles. The number of ether oxygens (including phenoxy) is 2. The summed E-state index contributed by atoms with van der Waals surface area (Å²) in [5.74, 6) is 0.0625. The summed E-state index contributed by atoms with van der Waals surface area (Å²) < 4.78 is 11.8. The lowest BCUT2D eigenvalue weighted by Crippen LogP contribution is -2.29. The van der Waals surface area contributed by atoms with Gasteiger partial charge in [-0.15, -0.1) is 0 Å². The van der Waals surface area contributed by atoms with Gasteiger partial charge < -0.3 is 24.8 Å². The molecule has 1 saturated heterocycles. The van der Waals surface area contributed by atoms with Crippen molar-refractivity contribution in [3.63, 3.8) is 0 Å². The van der Waals surface area contributed by atoms with E-state index in [1.54, 1.807) is 6.07 Å². The number of unbranched alkanes of at least 4 members (excludes halogenated alkanes) is 2. The molecule has 1 fully saturated rings. The first-order chi connectivity index (χ1) is 12.0. The van der Waals surface area contributed by atoms with Crippen LogP contribution in [0.2, 0.25) is 0 Å². The maximum absolute atomic E-state index is 12.1. The van der Waals surface area contributed by atoms with Crippen molar-refractivity contribution in [2.75, 3.05) is 39.2 Å². The van der Waals surface area contributed by atoms with Crippen LogP contribution in [0.25, 0.3) is 0 Å². The van der Waals surface area contributed by atoms with Crippen molar-refractivity contribution in [1.29, 1.82) is 0 Å². The van der Waals surface area contributed by atoms with E-state index in [1.807, 2.05) is 14.1 Å². The molecular formula is C16H26N4O5. The van der Waals surface area contributed by atoms with E-state index in [2.05, 4.69) is 15.2 Å². The number of nitrogens with zero attached hydrogens (tertiary/aromatic N) is 3. The summed E-state index contributed by atoms with van der Waals surface area (Å²) in [7, 11) is 4.04. The van der Waals surface area contributed by atoms with Gasteiger partial charge >= 0.3 is 5.69 Å². The van der Waals surface area contributed by atoms with Crippen LogP contribution in [-0.2, 0) is 14.3 Å². The summed E-state index contributed by atoms with van der Waals surface area (Å²) in [6.45, 7) is 0.887. The third-order valence-electron chi connectivity index (χ3n) is 3.80. The molecule has 0 aliphatic carbocycles. The highest BCUT2D eigenvalue weighted by molar-refractivity contribution is 5.89. The van der Waals surface area contributed by atoms with Gasteiger partial charge in [-0.1, -0.05) is 6.42 Å². The fraction of sp³-hybridized carbons (Fsp3) is 0.688. The minimum absolute atomic E-state index is 0.157. The van der Waals surface area contributed by atoms with E-state index in [-0.39, 0.29) is 24.9 Å². The third-order valence-corrected chi connectivity index (χ3v) is 3.80. The number of aliphatic hydroxyl groups excluding tert-OH is 1. The highest BCUT2D eigenvalue weighted by Crippen LogP contribution is 2.19. The monoisotopic (exact) mass is 354 g/mol. The molecule has 2 N–H and O–H groups in total. The van der Waals surface area contributed by atoms with Crippen LogP contribution >= 0.6 is 0 Å². The number of rotatable bonds is 9. The van der Waals surface area contributed by atoms with Gasteiger partial charge in [-0.05, 0) is 39.5 Å². The Hall–Kier alpha value is -1.81. The van der Waals surface area contributed by atoms with E-state index in [0.29, 0.717) is 6.42 Å². The smallest absolute Gasteiger partial charge is 0.351 e. The van der Waals surface area contributed by atoms with Crippen LogP contribution in [0.1, 0.15) is 31.9 Å². The first-order valence-corrected chi connectivity index (χ1v) is 8.41. The van der Waals surface area contributed by atoms with Crippen LogP contribution in [0.3, 0.4) is 0 Å². The van der Waals surface area contributed by atoms with Crippen molar-refractivity contribution in [3.8, 4) is 0 Å². The molecule has 9 nitrogen and oxygen atoms in total. The largest absolute Gasteiger partial charge is 0.391 e. The minimum atomic E-state index is -0.733. The summed E-state index contributed by atoms with van der Waals surface area (Å²) in [5.41, 5.74) is -0.545. The lowest BCUT2D eigenvalue weighted by molar-refractivity contribution is -0.116. The number of hydrogen-bond donors (Lipinski definition) is 2. The van der Waals surface area contributed by atoms with E-state index in [4.69, 9.17) is 14.6 Å². The highest BCUT2D eigenvalue weighted by atomic mass is 16.7. The zero-order valence-electron chi connectivity index (χ0n) is 14.7. The predicted octanol–water partition coefficient (Wildman–Crippen LogP) is 0.168. The second-order valence-electron chi connectivity index (χ2n) is 6.20. The number of aliphatic hydroxyl groups is 1. The first-order valence-electron chi connectivity index (χ1n) is 8.41. The zero-order chi connectivity index (χ0) is 18.2. The van der Waals surface area contributed by atoms with Crippen molar-refractivity contribution >= 4 is 11.7 Å². The SMILES string of the molecule is CN(C)CCCCCC(=O)Nc1ccn(C2COC(CO)O2)c(=O)n1. The quantitative estimate of drug-likeness (QED) is 0.609. The van der Waals surface area contributed by atoms with Gasteiger partial charge in [-0.3, -0.25) is 9.36 Å². The molecule has 140 valence electrons. The van der Waals surface area contributed by atoms with E-state index in [1.165, 1.54) is 10.8 Å². The molecule has 1 amide bonds. The molecule has 2 unspecified atom stereocenters. The Morgan fingerprint density at radius 1 is 1.44 bits per heavy atom. The second kappa shape index (κ2) is 9.62. The molecule has 1 aromatic rings. The lowest BCUT2D eigenvalue weighted by atomic mass is 10.2. The van der Waals surface area contributed by atoms with Gasteiger partial charge in [-0.2, -0.15) is 4.98 Å². The third kappa shape index (κ3) is 6.20. The predicted molar refractivity (Wildman–Crippen MR) is 91.1 cm³/mol. The Morgan fingerprint density at radius 3 is 2.88 bits per heavy atom. The number of nitrogens with one attached hydrogen (secondary N) is 1. The van der Waals surface area contributed by atoms with Gasteiger partial charge in [0.25, 0.3) is 0 Å². The molecule has 0 saturated carbocycles. The number of carbonyl (C=O) groups excluding carboxylic acids is 1. The molecule has 0 bridgehead atoms. The van der Waals surface area contributed by atoms with E-state index in [9.17, 15) is 9.59 Å². The molecule has 0 spiro atoms. The summed E-state index contributed by atoms with van der Waals surface area (Å²) >= 11 is 0. The molecule has 9 heteroatoms. The van der Waals surface area contributed by atoms with Gasteiger partial charge in [0.1, 0.15) is 5.82 Å². The summed E-state index contributed by atoms with van der Waals surface area (Å²) in [6.07, 6.45) is 3.36. The van der Waals surface area contributed by atoms with Crippen molar-refractivity contribution < 1.29 is 19.4 Å². The number of anilines is 1. The lowest BCUT2D eigenvalue weighted by Gasteiger charge is -2.13. The number of hydrogen-bond acceptors (Lipinski definition) is 7. The van der Waals surface area contributed by atoms with Gasteiger partial charge in [-0.25, -0.2) is 4.79 Å². The van der Waals surface area contributed by atoms with E-state index >= 15 is 0 Å². The molecule has 0 aromatic carbocycles.